The highest BCUT2D eigenvalue weighted by Gasteiger charge is 2.28. The predicted octanol–water partition coefficient (Wildman–Crippen LogP) is 8.01. The van der Waals surface area contributed by atoms with E-state index in [0.717, 1.165) is 0 Å². The molecule has 0 heterocycles. The van der Waals surface area contributed by atoms with Crippen molar-refractivity contribution in [2.75, 3.05) is 0 Å². The van der Waals surface area contributed by atoms with Crippen LogP contribution < -0.4 is 0 Å². The largest absolute Gasteiger partial charge is 0.0622 e. The maximum atomic E-state index is 2.41. The van der Waals surface area contributed by atoms with Crippen LogP contribution in [0.2, 0.25) is 0 Å². The Morgan fingerprint density at radius 3 is 1.13 bits per heavy atom. The fourth-order valence-corrected chi connectivity index (χ4v) is 4.19. The monoisotopic (exact) mass is 390 g/mol. The molecular formula is C30H30. The van der Waals surface area contributed by atoms with Gasteiger partial charge in [-0.25, -0.2) is 0 Å². The van der Waals surface area contributed by atoms with Gasteiger partial charge in [0.15, 0.2) is 0 Å². The van der Waals surface area contributed by atoms with Crippen LogP contribution in [-0.4, -0.2) is 0 Å². The first kappa shape index (κ1) is 20.2. The summed E-state index contributed by atoms with van der Waals surface area (Å²) in [5.41, 5.74) is 7.70. The van der Waals surface area contributed by atoms with Crippen molar-refractivity contribution in [2.45, 2.75) is 38.5 Å². The number of hydrogen-bond acceptors (Lipinski definition) is 0. The Morgan fingerprint density at radius 2 is 0.733 bits per heavy atom. The molecule has 0 nitrogen and oxygen atoms in total. The lowest BCUT2D eigenvalue weighted by Crippen LogP contribution is -2.23. The molecule has 0 aliphatic carbocycles. The minimum atomic E-state index is -0.0897. The zero-order chi connectivity index (χ0) is 21.2. The zero-order valence-corrected chi connectivity index (χ0v) is 18.4. The Morgan fingerprint density at radius 1 is 0.367 bits per heavy atom. The highest BCUT2D eigenvalue weighted by Crippen LogP contribution is 2.39. The van der Waals surface area contributed by atoms with E-state index in [1.165, 1.54) is 33.4 Å². The van der Waals surface area contributed by atoms with Crippen molar-refractivity contribution in [3.05, 3.63) is 131 Å². The van der Waals surface area contributed by atoms with Crippen LogP contribution >= 0.6 is 0 Å². The Labute approximate surface area is 181 Å². The number of benzene rings is 4. The molecule has 0 aliphatic rings. The van der Waals surface area contributed by atoms with Gasteiger partial charge in [0.25, 0.3) is 0 Å². The molecular weight excluding hydrogens is 360 g/mol. The van der Waals surface area contributed by atoms with E-state index < -0.39 is 0 Å². The SMILES string of the molecule is CC(C)(c1ccccc1)c1cc(-c2ccccc2)cc(C(C)(C)c2ccccc2)c1. The van der Waals surface area contributed by atoms with Crippen molar-refractivity contribution in [1.82, 2.24) is 0 Å². The summed E-state index contributed by atoms with van der Waals surface area (Å²) in [5, 5.41) is 0. The lowest BCUT2D eigenvalue weighted by atomic mass is 9.72. The highest BCUT2D eigenvalue weighted by atomic mass is 14.3. The Kier molecular flexibility index (Phi) is 5.35. The molecule has 4 aromatic carbocycles. The molecule has 4 rings (SSSR count). The van der Waals surface area contributed by atoms with Gasteiger partial charge in [0.2, 0.25) is 0 Å². The van der Waals surface area contributed by atoms with E-state index in [0.29, 0.717) is 0 Å². The van der Waals surface area contributed by atoms with E-state index in [-0.39, 0.29) is 10.8 Å². The second-order valence-corrected chi connectivity index (χ2v) is 9.15. The van der Waals surface area contributed by atoms with Gasteiger partial charge in [-0.05, 0) is 33.4 Å². The van der Waals surface area contributed by atoms with Gasteiger partial charge in [0.1, 0.15) is 0 Å². The second kappa shape index (κ2) is 7.95. The summed E-state index contributed by atoms with van der Waals surface area (Å²) in [6.07, 6.45) is 0. The molecule has 0 saturated heterocycles. The Hall–Kier alpha value is -3.12. The molecule has 0 aliphatic heterocycles. The highest BCUT2D eigenvalue weighted by molar-refractivity contribution is 5.67. The number of rotatable bonds is 5. The normalized spacial score (nSPS) is 12.0. The van der Waals surface area contributed by atoms with Crippen LogP contribution in [0.5, 0.6) is 0 Å². The summed E-state index contributed by atoms with van der Waals surface area (Å²) >= 11 is 0. The van der Waals surface area contributed by atoms with Crippen molar-refractivity contribution in [2.24, 2.45) is 0 Å². The van der Waals surface area contributed by atoms with Gasteiger partial charge in [0, 0.05) is 10.8 Å². The fourth-order valence-electron chi connectivity index (χ4n) is 4.19. The van der Waals surface area contributed by atoms with Crippen molar-refractivity contribution in [3.63, 3.8) is 0 Å². The lowest BCUT2D eigenvalue weighted by molar-refractivity contribution is 0.618. The Balaban J connectivity index is 1.92. The third-order valence-corrected chi connectivity index (χ3v) is 6.47. The summed E-state index contributed by atoms with van der Waals surface area (Å²) in [6, 6.07) is 39.5. The topological polar surface area (TPSA) is 0 Å². The fraction of sp³-hybridized carbons (Fsp3) is 0.200. The van der Waals surface area contributed by atoms with Gasteiger partial charge >= 0.3 is 0 Å². The van der Waals surface area contributed by atoms with Gasteiger partial charge in [-0.1, -0.05) is 137 Å². The molecule has 0 aromatic heterocycles. The van der Waals surface area contributed by atoms with E-state index in [4.69, 9.17) is 0 Å². The van der Waals surface area contributed by atoms with Gasteiger partial charge < -0.3 is 0 Å². The predicted molar refractivity (Wildman–Crippen MR) is 129 cm³/mol. The quantitative estimate of drug-likeness (QED) is 0.324. The lowest BCUT2D eigenvalue weighted by Gasteiger charge is -2.32. The average Bonchev–Trinajstić information content (AvgIpc) is 2.80. The third-order valence-electron chi connectivity index (χ3n) is 6.47. The first-order valence-corrected chi connectivity index (χ1v) is 10.7. The van der Waals surface area contributed by atoms with Crippen molar-refractivity contribution >= 4 is 0 Å². The maximum absolute atomic E-state index is 2.41. The van der Waals surface area contributed by atoms with Crippen LogP contribution in [0.1, 0.15) is 49.9 Å². The van der Waals surface area contributed by atoms with Crippen LogP contribution in [0.3, 0.4) is 0 Å². The molecule has 0 heteroatoms. The van der Waals surface area contributed by atoms with Gasteiger partial charge in [-0.15, -0.1) is 0 Å². The van der Waals surface area contributed by atoms with E-state index in [1.807, 2.05) is 0 Å². The first-order valence-electron chi connectivity index (χ1n) is 10.7. The first-order chi connectivity index (χ1) is 14.4. The molecule has 0 bridgehead atoms. The Bertz CT molecular complexity index is 1030. The number of hydrogen-bond donors (Lipinski definition) is 0. The molecule has 0 spiro atoms. The van der Waals surface area contributed by atoms with Crippen LogP contribution in [0, 0.1) is 0 Å². The zero-order valence-electron chi connectivity index (χ0n) is 18.4. The van der Waals surface area contributed by atoms with Crippen molar-refractivity contribution < 1.29 is 0 Å². The molecule has 0 radical (unpaired) electrons. The summed E-state index contributed by atoms with van der Waals surface area (Å²) in [6.45, 7) is 9.30. The third kappa shape index (κ3) is 3.83. The van der Waals surface area contributed by atoms with Gasteiger partial charge in [-0.3, -0.25) is 0 Å². The molecule has 4 aromatic rings. The van der Waals surface area contributed by atoms with Crippen molar-refractivity contribution in [3.8, 4) is 11.1 Å². The molecule has 30 heavy (non-hydrogen) atoms. The molecule has 0 saturated carbocycles. The molecule has 0 N–H and O–H groups in total. The summed E-state index contributed by atoms with van der Waals surface area (Å²) < 4.78 is 0. The van der Waals surface area contributed by atoms with Crippen LogP contribution in [-0.2, 0) is 10.8 Å². The summed E-state index contributed by atoms with van der Waals surface area (Å²) in [5.74, 6) is 0. The second-order valence-electron chi connectivity index (χ2n) is 9.15. The molecule has 0 amide bonds. The smallest absolute Gasteiger partial charge is 0.0146 e. The summed E-state index contributed by atoms with van der Waals surface area (Å²) in [4.78, 5) is 0. The summed E-state index contributed by atoms with van der Waals surface area (Å²) in [7, 11) is 0. The van der Waals surface area contributed by atoms with E-state index >= 15 is 0 Å². The molecule has 0 atom stereocenters. The van der Waals surface area contributed by atoms with Crippen LogP contribution in [0.25, 0.3) is 11.1 Å². The standard InChI is InChI=1S/C30H30/c1-29(2,25-16-10-6-11-17-25)27-20-24(23-14-8-5-9-15-23)21-28(22-27)30(3,4)26-18-12-7-13-19-26/h5-22H,1-4H3. The molecule has 0 unspecified atom stereocenters. The minimum absolute atomic E-state index is 0.0897. The average molecular weight is 391 g/mol. The van der Waals surface area contributed by atoms with Gasteiger partial charge in [0.05, 0.1) is 0 Å². The van der Waals surface area contributed by atoms with Crippen LogP contribution in [0.4, 0.5) is 0 Å². The van der Waals surface area contributed by atoms with Gasteiger partial charge in [-0.2, -0.15) is 0 Å². The van der Waals surface area contributed by atoms with Crippen LogP contribution in [0.15, 0.2) is 109 Å². The minimum Gasteiger partial charge on any atom is -0.0622 e. The maximum Gasteiger partial charge on any atom is 0.0146 e. The van der Waals surface area contributed by atoms with E-state index in [1.54, 1.807) is 0 Å². The molecule has 150 valence electrons. The van der Waals surface area contributed by atoms with E-state index in [9.17, 15) is 0 Å². The van der Waals surface area contributed by atoms with Crippen molar-refractivity contribution in [1.29, 1.82) is 0 Å². The molecule has 0 fully saturated rings. The van der Waals surface area contributed by atoms with E-state index in [2.05, 4.69) is 137 Å².